The van der Waals surface area contributed by atoms with Gasteiger partial charge in [-0.2, -0.15) is 0 Å². The molecule has 0 radical (unpaired) electrons. The second kappa shape index (κ2) is 3.61. The van der Waals surface area contributed by atoms with E-state index in [0.717, 1.165) is 0 Å². The minimum absolute atomic E-state index is 0.0684. The highest BCUT2D eigenvalue weighted by atomic mass is 16.7. The van der Waals surface area contributed by atoms with Crippen LogP contribution >= 0.6 is 0 Å². The van der Waals surface area contributed by atoms with Crippen molar-refractivity contribution in [1.82, 2.24) is 0 Å². The lowest BCUT2D eigenvalue weighted by atomic mass is 10.1. The molecule has 1 aromatic carbocycles. The number of nitro groups is 1. The third-order valence-corrected chi connectivity index (χ3v) is 2.08. The second-order valence-corrected chi connectivity index (χ2v) is 3.12. The van der Waals surface area contributed by atoms with Crippen LogP contribution in [0.1, 0.15) is 12.5 Å². The average molecular weight is 207 g/mol. The van der Waals surface area contributed by atoms with Crippen LogP contribution < -0.4 is 9.47 Å². The maximum atomic E-state index is 10.5. The fourth-order valence-corrected chi connectivity index (χ4v) is 1.34. The summed E-state index contributed by atoms with van der Waals surface area (Å²) in [4.78, 5) is 10.0. The summed E-state index contributed by atoms with van der Waals surface area (Å²) in [7, 11) is 0. The Morgan fingerprint density at radius 3 is 3.07 bits per heavy atom. The predicted molar refractivity (Wildman–Crippen MR) is 53.2 cm³/mol. The van der Waals surface area contributed by atoms with Gasteiger partial charge < -0.3 is 9.47 Å². The van der Waals surface area contributed by atoms with Gasteiger partial charge in [0.1, 0.15) is 0 Å². The Bertz CT molecular complexity index is 439. The van der Waals surface area contributed by atoms with E-state index in [4.69, 9.17) is 9.47 Å². The van der Waals surface area contributed by atoms with Crippen molar-refractivity contribution >= 4 is 6.08 Å². The highest BCUT2D eigenvalue weighted by Gasteiger charge is 2.17. The van der Waals surface area contributed by atoms with Crippen LogP contribution in [0.2, 0.25) is 0 Å². The van der Waals surface area contributed by atoms with Gasteiger partial charge in [-0.15, -0.1) is 0 Å². The second-order valence-electron chi connectivity index (χ2n) is 3.12. The monoisotopic (exact) mass is 207 g/mol. The zero-order valence-electron chi connectivity index (χ0n) is 8.10. The molecular weight excluding hydrogens is 198 g/mol. The molecule has 0 amide bonds. The smallest absolute Gasteiger partial charge is 0.243 e. The average Bonchev–Trinajstić information content (AvgIpc) is 2.66. The van der Waals surface area contributed by atoms with Crippen LogP contribution in [0.25, 0.3) is 6.08 Å². The maximum Gasteiger partial charge on any atom is 0.243 e. The van der Waals surface area contributed by atoms with E-state index in [1.165, 1.54) is 13.0 Å². The number of rotatable bonds is 2. The molecule has 0 aliphatic carbocycles. The molecule has 5 heteroatoms. The van der Waals surface area contributed by atoms with Crippen LogP contribution in [0.15, 0.2) is 23.9 Å². The molecule has 0 saturated heterocycles. The van der Waals surface area contributed by atoms with Crippen molar-refractivity contribution in [2.75, 3.05) is 6.79 Å². The summed E-state index contributed by atoms with van der Waals surface area (Å²) in [5.41, 5.74) is 0.734. The summed E-state index contributed by atoms with van der Waals surface area (Å²) in [6.45, 7) is 1.60. The number of benzene rings is 1. The van der Waals surface area contributed by atoms with Gasteiger partial charge in [-0.1, -0.05) is 12.1 Å². The van der Waals surface area contributed by atoms with E-state index < -0.39 is 4.92 Å². The topological polar surface area (TPSA) is 61.6 Å². The van der Waals surface area contributed by atoms with E-state index in [1.54, 1.807) is 18.2 Å². The molecule has 1 aliphatic heterocycles. The van der Waals surface area contributed by atoms with Gasteiger partial charge in [0.25, 0.3) is 0 Å². The predicted octanol–water partition coefficient (Wildman–Crippen LogP) is 2.05. The standard InChI is InChI=1S/C10H9NO4/c1-7(11(12)13)5-8-3-2-4-9-10(8)15-6-14-9/h2-5H,6H2,1H3/b7-5-. The van der Waals surface area contributed by atoms with Crippen LogP contribution in [0, 0.1) is 10.1 Å². The summed E-state index contributed by atoms with van der Waals surface area (Å²) < 4.78 is 10.4. The van der Waals surface area contributed by atoms with Crippen molar-refractivity contribution in [3.63, 3.8) is 0 Å². The lowest BCUT2D eigenvalue weighted by Crippen LogP contribution is -1.95. The molecule has 78 valence electrons. The van der Waals surface area contributed by atoms with E-state index in [0.29, 0.717) is 17.1 Å². The number of para-hydroxylation sites is 1. The van der Waals surface area contributed by atoms with E-state index >= 15 is 0 Å². The molecule has 2 rings (SSSR count). The molecule has 0 atom stereocenters. The number of nitrogens with zero attached hydrogens (tertiary/aromatic N) is 1. The van der Waals surface area contributed by atoms with Crippen LogP contribution in [0.5, 0.6) is 11.5 Å². The first-order valence-corrected chi connectivity index (χ1v) is 4.40. The zero-order valence-corrected chi connectivity index (χ0v) is 8.10. The minimum Gasteiger partial charge on any atom is -0.454 e. The van der Waals surface area contributed by atoms with Crippen LogP contribution in [0.4, 0.5) is 0 Å². The molecule has 15 heavy (non-hydrogen) atoms. The Kier molecular flexibility index (Phi) is 2.29. The summed E-state index contributed by atoms with van der Waals surface area (Å²) in [5.74, 6) is 1.19. The summed E-state index contributed by atoms with van der Waals surface area (Å²) >= 11 is 0. The molecule has 0 unspecified atom stereocenters. The quantitative estimate of drug-likeness (QED) is 0.550. The Hall–Kier alpha value is -2.04. The van der Waals surface area contributed by atoms with E-state index in [1.807, 2.05) is 0 Å². The molecule has 0 bridgehead atoms. The van der Waals surface area contributed by atoms with Gasteiger partial charge in [0.05, 0.1) is 4.92 Å². The van der Waals surface area contributed by atoms with Crippen molar-refractivity contribution in [2.45, 2.75) is 6.92 Å². The summed E-state index contributed by atoms with van der Waals surface area (Å²) in [5, 5.41) is 10.5. The van der Waals surface area contributed by atoms with E-state index in [-0.39, 0.29) is 12.5 Å². The van der Waals surface area contributed by atoms with Gasteiger partial charge >= 0.3 is 0 Å². The number of allylic oxidation sites excluding steroid dienone is 1. The van der Waals surface area contributed by atoms with Gasteiger partial charge in [-0.25, -0.2) is 0 Å². The van der Waals surface area contributed by atoms with Gasteiger partial charge in [-0.05, 0) is 6.07 Å². The molecule has 0 saturated carbocycles. The first kappa shape index (κ1) is 9.51. The molecule has 0 spiro atoms. The van der Waals surface area contributed by atoms with Gasteiger partial charge in [0.15, 0.2) is 11.5 Å². The normalized spacial score (nSPS) is 14.1. The molecule has 1 aliphatic rings. The summed E-state index contributed by atoms with van der Waals surface area (Å²) in [6, 6.07) is 5.29. The summed E-state index contributed by atoms with van der Waals surface area (Å²) in [6.07, 6.45) is 1.47. The Morgan fingerprint density at radius 1 is 1.53 bits per heavy atom. The lowest BCUT2D eigenvalue weighted by molar-refractivity contribution is -0.422. The maximum absolute atomic E-state index is 10.5. The minimum atomic E-state index is -0.435. The fourth-order valence-electron chi connectivity index (χ4n) is 1.34. The largest absolute Gasteiger partial charge is 0.454 e. The molecule has 0 N–H and O–H groups in total. The van der Waals surface area contributed by atoms with Crippen LogP contribution in [-0.2, 0) is 0 Å². The number of hydrogen-bond acceptors (Lipinski definition) is 4. The van der Waals surface area contributed by atoms with Gasteiger partial charge in [0, 0.05) is 18.6 Å². The van der Waals surface area contributed by atoms with E-state index in [9.17, 15) is 10.1 Å². The molecule has 1 aromatic rings. The molecule has 5 nitrogen and oxygen atoms in total. The van der Waals surface area contributed by atoms with Gasteiger partial charge in [-0.3, -0.25) is 10.1 Å². The Morgan fingerprint density at radius 2 is 2.33 bits per heavy atom. The number of fused-ring (bicyclic) bond motifs is 1. The fraction of sp³-hybridized carbons (Fsp3) is 0.200. The third-order valence-electron chi connectivity index (χ3n) is 2.08. The number of hydrogen-bond donors (Lipinski definition) is 0. The number of ether oxygens (including phenoxy) is 2. The first-order valence-electron chi connectivity index (χ1n) is 4.40. The molecule has 0 fully saturated rings. The molecule has 0 aromatic heterocycles. The van der Waals surface area contributed by atoms with Gasteiger partial charge in [0.2, 0.25) is 12.5 Å². The lowest BCUT2D eigenvalue weighted by Gasteiger charge is -1.99. The van der Waals surface area contributed by atoms with Crippen LogP contribution in [0.3, 0.4) is 0 Å². The van der Waals surface area contributed by atoms with Crippen molar-refractivity contribution in [2.24, 2.45) is 0 Å². The van der Waals surface area contributed by atoms with Crippen molar-refractivity contribution in [1.29, 1.82) is 0 Å². The highest BCUT2D eigenvalue weighted by molar-refractivity contribution is 5.63. The third kappa shape index (κ3) is 1.76. The van der Waals surface area contributed by atoms with E-state index in [2.05, 4.69) is 0 Å². The molecule has 1 heterocycles. The Labute approximate surface area is 86.1 Å². The van der Waals surface area contributed by atoms with Crippen molar-refractivity contribution in [3.8, 4) is 11.5 Å². The molecular formula is C10H9NO4. The SMILES string of the molecule is C/C(=C/c1cccc2c1OCO2)[N+](=O)[O-]. The highest BCUT2D eigenvalue weighted by Crippen LogP contribution is 2.36. The zero-order chi connectivity index (χ0) is 10.8. The van der Waals surface area contributed by atoms with Crippen molar-refractivity contribution < 1.29 is 14.4 Å². The first-order chi connectivity index (χ1) is 7.18. The van der Waals surface area contributed by atoms with Crippen LogP contribution in [-0.4, -0.2) is 11.7 Å². The Balaban J connectivity index is 2.42. The van der Waals surface area contributed by atoms with Crippen molar-refractivity contribution in [3.05, 3.63) is 39.6 Å².